The van der Waals surface area contributed by atoms with Crippen molar-refractivity contribution in [3.05, 3.63) is 31.8 Å². The fraction of sp³-hybridized carbons (Fsp3) is 0.308. The van der Waals surface area contributed by atoms with Crippen LogP contribution in [-0.4, -0.2) is 23.0 Å². The zero-order chi connectivity index (χ0) is 14.2. The molecule has 0 bridgehead atoms. The molecule has 4 nitrogen and oxygen atoms in total. The molecule has 6 heteroatoms. The third-order valence-electron chi connectivity index (χ3n) is 2.92. The molecule has 100 valence electrons. The first kappa shape index (κ1) is 13.9. The number of hydrogen-bond donors (Lipinski definition) is 1. The first-order valence-electron chi connectivity index (χ1n) is 5.70. The van der Waals surface area contributed by atoms with Crippen LogP contribution in [0.2, 0.25) is 0 Å². The molecular weight excluding hydrogens is 280 g/mol. The Morgan fingerprint density at radius 3 is 2.74 bits per heavy atom. The summed E-state index contributed by atoms with van der Waals surface area (Å²) in [6, 6.07) is 0. The molecular formula is C13H14N2O2S2. The normalized spacial score (nSPS) is 10.5. The molecule has 0 atom stereocenters. The Morgan fingerprint density at radius 1 is 1.42 bits per heavy atom. The molecule has 2 heterocycles. The summed E-state index contributed by atoms with van der Waals surface area (Å²) in [5.74, 6) is -0.359. The maximum Gasteiger partial charge on any atom is 0.348 e. The lowest BCUT2D eigenvalue weighted by Gasteiger charge is -2.07. The standard InChI is InChI=1S/C13H14N2O2S2/c1-6-5-19-11(13(16)17-4)9(6)10-12(18)15-8(3)7(2)14-10/h5H,1-4H3,(H,15,18). The summed E-state index contributed by atoms with van der Waals surface area (Å²) in [5, 5.41) is 1.91. The highest BCUT2D eigenvalue weighted by atomic mass is 32.1. The van der Waals surface area contributed by atoms with Crippen LogP contribution in [0.3, 0.4) is 0 Å². The van der Waals surface area contributed by atoms with Crippen molar-refractivity contribution in [1.29, 1.82) is 0 Å². The topological polar surface area (TPSA) is 55.0 Å². The molecule has 2 aromatic heterocycles. The Morgan fingerprint density at radius 2 is 2.11 bits per heavy atom. The van der Waals surface area contributed by atoms with Gasteiger partial charge in [-0.2, -0.15) is 0 Å². The summed E-state index contributed by atoms with van der Waals surface area (Å²) >= 11 is 6.67. The molecule has 0 saturated carbocycles. The van der Waals surface area contributed by atoms with Crippen molar-refractivity contribution in [3.8, 4) is 11.3 Å². The van der Waals surface area contributed by atoms with E-state index in [0.29, 0.717) is 15.2 Å². The molecule has 0 unspecified atom stereocenters. The van der Waals surface area contributed by atoms with Crippen LogP contribution in [-0.2, 0) is 4.74 Å². The molecule has 0 radical (unpaired) electrons. The zero-order valence-electron chi connectivity index (χ0n) is 11.2. The highest BCUT2D eigenvalue weighted by Crippen LogP contribution is 2.32. The van der Waals surface area contributed by atoms with Gasteiger partial charge in [0.1, 0.15) is 15.2 Å². The quantitative estimate of drug-likeness (QED) is 0.679. The van der Waals surface area contributed by atoms with Crippen molar-refractivity contribution in [3.63, 3.8) is 0 Å². The lowest BCUT2D eigenvalue weighted by molar-refractivity contribution is 0.0607. The Labute approximate surface area is 120 Å². The van der Waals surface area contributed by atoms with Gasteiger partial charge in [0.25, 0.3) is 0 Å². The molecule has 0 fully saturated rings. The molecule has 2 rings (SSSR count). The molecule has 0 amide bonds. The average molecular weight is 294 g/mol. The fourth-order valence-electron chi connectivity index (χ4n) is 1.77. The summed E-state index contributed by atoms with van der Waals surface area (Å²) in [5.41, 5.74) is 4.17. The first-order chi connectivity index (χ1) is 8.95. The number of nitrogens with one attached hydrogen (secondary N) is 1. The van der Waals surface area contributed by atoms with Gasteiger partial charge in [-0.15, -0.1) is 11.3 Å². The second kappa shape index (κ2) is 5.22. The molecule has 0 spiro atoms. The van der Waals surface area contributed by atoms with Crippen LogP contribution in [0, 0.1) is 25.4 Å². The number of esters is 1. The van der Waals surface area contributed by atoms with E-state index in [0.717, 1.165) is 22.5 Å². The van der Waals surface area contributed by atoms with Crippen LogP contribution in [0.1, 0.15) is 26.6 Å². The lowest BCUT2D eigenvalue weighted by atomic mass is 10.1. The molecule has 0 aromatic carbocycles. The average Bonchev–Trinajstić information content (AvgIpc) is 2.75. The highest BCUT2D eigenvalue weighted by Gasteiger charge is 2.20. The SMILES string of the molecule is COC(=O)c1scc(C)c1-c1nc(C)c(C)[nH]c1=S. The number of ether oxygens (including phenoxy) is 1. The largest absolute Gasteiger partial charge is 0.465 e. The third-order valence-corrected chi connectivity index (χ3v) is 4.29. The predicted octanol–water partition coefficient (Wildman–Crippen LogP) is 3.58. The molecule has 0 aliphatic heterocycles. The third kappa shape index (κ3) is 2.46. The van der Waals surface area contributed by atoms with Crippen molar-refractivity contribution in [2.45, 2.75) is 20.8 Å². The summed E-state index contributed by atoms with van der Waals surface area (Å²) in [6.07, 6.45) is 0. The maximum atomic E-state index is 11.8. The van der Waals surface area contributed by atoms with Crippen LogP contribution < -0.4 is 0 Å². The Hall–Kier alpha value is -1.53. The van der Waals surface area contributed by atoms with Gasteiger partial charge in [-0.1, -0.05) is 12.2 Å². The Kier molecular flexibility index (Phi) is 3.82. The number of aryl methyl sites for hydroxylation is 3. The van der Waals surface area contributed by atoms with E-state index in [2.05, 4.69) is 9.97 Å². The lowest BCUT2D eigenvalue weighted by Crippen LogP contribution is -2.03. The van der Waals surface area contributed by atoms with Crippen molar-refractivity contribution >= 4 is 29.5 Å². The number of hydrogen-bond acceptors (Lipinski definition) is 5. The minimum absolute atomic E-state index is 0.359. The smallest absolute Gasteiger partial charge is 0.348 e. The summed E-state index contributed by atoms with van der Waals surface area (Å²) < 4.78 is 5.34. The van der Waals surface area contributed by atoms with Gasteiger partial charge in [-0.3, -0.25) is 0 Å². The first-order valence-corrected chi connectivity index (χ1v) is 6.98. The number of nitrogens with zero attached hydrogens (tertiary/aromatic N) is 1. The fourth-order valence-corrected chi connectivity index (χ4v) is 3.04. The summed E-state index contributed by atoms with van der Waals surface area (Å²) in [6.45, 7) is 5.76. The van der Waals surface area contributed by atoms with E-state index in [1.807, 2.05) is 26.2 Å². The van der Waals surface area contributed by atoms with Crippen LogP contribution >= 0.6 is 23.6 Å². The molecule has 1 N–H and O–H groups in total. The predicted molar refractivity (Wildman–Crippen MR) is 78.3 cm³/mol. The number of methoxy groups -OCH3 is 1. The Bertz CT molecular complexity index is 701. The van der Waals surface area contributed by atoms with E-state index in [1.165, 1.54) is 18.4 Å². The minimum atomic E-state index is -0.359. The van der Waals surface area contributed by atoms with Crippen LogP contribution in [0.15, 0.2) is 5.38 Å². The van der Waals surface area contributed by atoms with Gasteiger partial charge >= 0.3 is 5.97 Å². The van der Waals surface area contributed by atoms with Crippen LogP contribution in [0.5, 0.6) is 0 Å². The number of aromatic amines is 1. The molecule has 0 saturated heterocycles. The van der Waals surface area contributed by atoms with Gasteiger partial charge in [0.15, 0.2) is 0 Å². The summed E-state index contributed by atoms with van der Waals surface area (Å²) in [7, 11) is 1.37. The van der Waals surface area contributed by atoms with Gasteiger partial charge in [0, 0.05) is 11.3 Å². The highest BCUT2D eigenvalue weighted by molar-refractivity contribution is 7.71. The zero-order valence-corrected chi connectivity index (χ0v) is 12.8. The minimum Gasteiger partial charge on any atom is -0.465 e. The van der Waals surface area contributed by atoms with Gasteiger partial charge in [0.05, 0.1) is 12.8 Å². The molecule has 2 aromatic rings. The van der Waals surface area contributed by atoms with E-state index in [4.69, 9.17) is 17.0 Å². The number of thiophene rings is 1. The van der Waals surface area contributed by atoms with E-state index >= 15 is 0 Å². The van der Waals surface area contributed by atoms with Crippen molar-refractivity contribution < 1.29 is 9.53 Å². The van der Waals surface area contributed by atoms with Gasteiger partial charge in [0.2, 0.25) is 0 Å². The van der Waals surface area contributed by atoms with Gasteiger partial charge in [-0.05, 0) is 31.7 Å². The van der Waals surface area contributed by atoms with Crippen LogP contribution in [0.4, 0.5) is 0 Å². The molecule has 0 aliphatic rings. The number of carbonyl (C=O) groups is 1. The molecule has 0 aliphatic carbocycles. The number of H-pyrrole nitrogens is 1. The monoisotopic (exact) mass is 294 g/mol. The number of aromatic nitrogens is 2. The number of carbonyl (C=O) groups excluding carboxylic acids is 1. The maximum absolute atomic E-state index is 11.8. The van der Waals surface area contributed by atoms with Gasteiger partial charge in [-0.25, -0.2) is 9.78 Å². The Balaban J connectivity index is 2.72. The second-order valence-corrected chi connectivity index (χ2v) is 5.53. The van der Waals surface area contributed by atoms with Crippen molar-refractivity contribution in [2.75, 3.05) is 7.11 Å². The second-order valence-electron chi connectivity index (χ2n) is 4.24. The van der Waals surface area contributed by atoms with E-state index in [1.54, 1.807) is 0 Å². The van der Waals surface area contributed by atoms with E-state index in [9.17, 15) is 4.79 Å². The van der Waals surface area contributed by atoms with Crippen molar-refractivity contribution in [2.24, 2.45) is 0 Å². The summed E-state index contributed by atoms with van der Waals surface area (Å²) in [4.78, 5) is 20.0. The molecule has 19 heavy (non-hydrogen) atoms. The van der Waals surface area contributed by atoms with Crippen LogP contribution in [0.25, 0.3) is 11.3 Å². The van der Waals surface area contributed by atoms with Crippen molar-refractivity contribution in [1.82, 2.24) is 9.97 Å². The van der Waals surface area contributed by atoms with Gasteiger partial charge < -0.3 is 9.72 Å². The van der Waals surface area contributed by atoms with E-state index < -0.39 is 0 Å². The number of rotatable bonds is 2. The van der Waals surface area contributed by atoms with E-state index in [-0.39, 0.29) is 5.97 Å².